The minimum atomic E-state index is 0.351. The summed E-state index contributed by atoms with van der Waals surface area (Å²) >= 11 is 0. The highest BCUT2D eigenvalue weighted by Gasteiger charge is 2.09. The second kappa shape index (κ2) is 6.18. The van der Waals surface area contributed by atoms with E-state index in [0.717, 1.165) is 43.0 Å². The fraction of sp³-hybridized carbons (Fsp3) is 0.429. The predicted octanol–water partition coefficient (Wildman–Crippen LogP) is 2.53. The van der Waals surface area contributed by atoms with Crippen molar-refractivity contribution in [1.82, 2.24) is 9.55 Å². The molecule has 0 unspecified atom stereocenters. The molecule has 0 bridgehead atoms. The van der Waals surface area contributed by atoms with Crippen LogP contribution in [0.5, 0.6) is 0 Å². The molecule has 0 aliphatic rings. The van der Waals surface area contributed by atoms with E-state index >= 15 is 0 Å². The lowest BCUT2D eigenvalue weighted by Gasteiger charge is -2.07. The van der Waals surface area contributed by atoms with Gasteiger partial charge in [0.15, 0.2) is 0 Å². The van der Waals surface area contributed by atoms with Gasteiger partial charge in [0.25, 0.3) is 0 Å². The van der Waals surface area contributed by atoms with Crippen molar-refractivity contribution in [2.24, 2.45) is 0 Å². The van der Waals surface area contributed by atoms with Gasteiger partial charge in [0, 0.05) is 19.8 Å². The zero-order valence-electron chi connectivity index (χ0n) is 10.6. The molecule has 0 saturated heterocycles. The van der Waals surface area contributed by atoms with E-state index in [2.05, 4.69) is 15.6 Å². The molecule has 2 rings (SSSR count). The van der Waals surface area contributed by atoms with Crippen molar-refractivity contribution in [2.75, 3.05) is 13.2 Å². The van der Waals surface area contributed by atoms with Crippen LogP contribution in [0.15, 0.2) is 24.3 Å². The molecule has 18 heavy (non-hydrogen) atoms. The van der Waals surface area contributed by atoms with Gasteiger partial charge in [-0.05, 0) is 25.5 Å². The number of rotatable bonds is 6. The van der Waals surface area contributed by atoms with Crippen molar-refractivity contribution in [3.8, 4) is 6.07 Å². The smallest absolute Gasteiger partial charge is 0.124 e. The molecule has 1 aromatic heterocycles. The van der Waals surface area contributed by atoms with Gasteiger partial charge in [-0.3, -0.25) is 0 Å². The standard InChI is InChI=1S/C14H17N3O/c1-2-18-11-5-10-17-13-7-4-3-6-12(13)16-14(17)8-9-15/h3-4,6-7H,2,5,8,10-11H2,1H3. The highest BCUT2D eigenvalue weighted by molar-refractivity contribution is 5.75. The van der Waals surface area contributed by atoms with Crippen LogP contribution in [-0.4, -0.2) is 22.8 Å². The number of nitrogens with zero attached hydrogens (tertiary/aromatic N) is 3. The monoisotopic (exact) mass is 243 g/mol. The average Bonchev–Trinajstić information content (AvgIpc) is 2.73. The fourth-order valence-electron chi connectivity index (χ4n) is 2.05. The minimum Gasteiger partial charge on any atom is -0.382 e. The maximum atomic E-state index is 8.85. The van der Waals surface area contributed by atoms with Gasteiger partial charge in [-0.1, -0.05) is 12.1 Å². The topological polar surface area (TPSA) is 50.8 Å². The number of fused-ring (bicyclic) bond motifs is 1. The zero-order valence-corrected chi connectivity index (χ0v) is 10.6. The number of aromatic nitrogens is 2. The third kappa shape index (κ3) is 2.69. The third-order valence-electron chi connectivity index (χ3n) is 2.85. The van der Waals surface area contributed by atoms with Crippen molar-refractivity contribution < 1.29 is 4.74 Å². The first kappa shape index (κ1) is 12.6. The zero-order chi connectivity index (χ0) is 12.8. The summed E-state index contributed by atoms with van der Waals surface area (Å²) in [6.07, 6.45) is 1.29. The van der Waals surface area contributed by atoms with E-state index in [4.69, 9.17) is 10.00 Å². The van der Waals surface area contributed by atoms with Gasteiger partial charge in [-0.2, -0.15) is 5.26 Å². The molecule has 0 atom stereocenters. The van der Waals surface area contributed by atoms with E-state index in [9.17, 15) is 0 Å². The molecule has 2 aromatic rings. The first-order valence-corrected chi connectivity index (χ1v) is 6.25. The van der Waals surface area contributed by atoms with Crippen LogP contribution in [0.1, 0.15) is 19.2 Å². The van der Waals surface area contributed by atoms with Crippen LogP contribution in [0.3, 0.4) is 0 Å². The van der Waals surface area contributed by atoms with Crippen LogP contribution in [0.2, 0.25) is 0 Å². The van der Waals surface area contributed by atoms with Gasteiger partial charge in [-0.25, -0.2) is 4.98 Å². The van der Waals surface area contributed by atoms with Crippen LogP contribution >= 0.6 is 0 Å². The quantitative estimate of drug-likeness (QED) is 0.732. The van der Waals surface area contributed by atoms with E-state index in [1.54, 1.807) is 0 Å². The van der Waals surface area contributed by atoms with E-state index < -0.39 is 0 Å². The van der Waals surface area contributed by atoms with Crippen molar-refractivity contribution in [3.05, 3.63) is 30.1 Å². The lowest BCUT2D eigenvalue weighted by atomic mass is 10.3. The van der Waals surface area contributed by atoms with Gasteiger partial charge in [-0.15, -0.1) is 0 Å². The Morgan fingerprint density at radius 2 is 2.22 bits per heavy atom. The molecule has 0 radical (unpaired) electrons. The first-order chi connectivity index (χ1) is 8.86. The van der Waals surface area contributed by atoms with E-state index in [0.29, 0.717) is 6.42 Å². The molecular formula is C14H17N3O. The van der Waals surface area contributed by atoms with Crippen molar-refractivity contribution in [3.63, 3.8) is 0 Å². The Labute approximate surface area is 107 Å². The Kier molecular flexibility index (Phi) is 4.32. The summed E-state index contributed by atoms with van der Waals surface area (Å²) in [5, 5.41) is 8.85. The lowest BCUT2D eigenvalue weighted by Crippen LogP contribution is -2.06. The summed E-state index contributed by atoms with van der Waals surface area (Å²) in [7, 11) is 0. The Morgan fingerprint density at radius 1 is 1.39 bits per heavy atom. The van der Waals surface area contributed by atoms with Crippen LogP contribution in [0.25, 0.3) is 11.0 Å². The molecular weight excluding hydrogens is 226 g/mol. The Balaban J connectivity index is 2.22. The van der Waals surface area contributed by atoms with Crippen LogP contribution in [0, 0.1) is 11.3 Å². The highest BCUT2D eigenvalue weighted by Crippen LogP contribution is 2.16. The number of hydrogen-bond acceptors (Lipinski definition) is 3. The molecule has 0 saturated carbocycles. The van der Waals surface area contributed by atoms with Gasteiger partial charge in [0.2, 0.25) is 0 Å². The first-order valence-electron chi connectivity index (χ1n) is 6.25. The fourth-order valence-corrected chi connectivity index (χ4v) is 2.05. The number of hydrogen-bond donors (Lipinski definition) is 0. The summed E-state index contributed by atoms with van der Waals surface area (Å²) in [5.74, 6) is 0.843. The lowest BCUT2D eigenvalue weighted by molar-refractivity contribution is 0.141. The van der Waals surface area contributed by atoms with Crippen LogP contribution < -0.4 is 0 Å². The maximum Gasteiger partial charge on any atom is 0.124 e. The maximum absolute atomic E-state index is 8.85. The SMILES string of the molecule is CCOCCCn1c(CC#N)nc2ccccc21. The number of benzene rings is 1. The van der Waals surface area contributed by atoms with Gasteiger partial charge >= 0.3 is 0 Å². The molecule has 0 aliphatic carbocycles. The van der Waals surface area contributed by atoms with Crippen LogP contribution in [-0.2, 0) is 17.7 Å². The third-order valence-corrected chi connectivity index (χ3v) is 2.85. The van der Waals surface area contributed by atoms with Crippen molar-refractivity contribution in [1.29, 1.82) is 5.26 Å². The summed E-state index contributed by atoms with van der Waals surface area (Å²) in [4.78, 5) is 4.50. The van der Waals surface area contributed by atoms with E-state index in [1.165, 1.54) is 0 Å². The van der Waals surface area contributed by atoms with E-state index in [1.807, 2.05) is 31.2 Å². The number of nitriles is 1. The molecule has 94 valence electrons. The van der Waals surface area contributed by atoms with Crippen LogP contribution in [0.4, 0.5) is 0 Å². The molecule has 0 aliphatic heterocycles. The Hall–Kier alpha value is -1.86. The van der Waals surface area contributed by atoms with Crippen molar-refractivity contribution >= 4 is 11.0 Å². The largest absolute Gasteiger partial charge is 0.382 e. The molecule has 0 amide bonds. The molecule has 1 aromatic carbocycles. The van der Waals surface area contributed by atoms with Gasteiger partial charge in [0.05, 0.1) is 23.5 Å². The van der Waals surface area contributed by atoms with Crippen molar-refractivity contribution in [2.45, 2.75) is 26.3 Å². The predicted molar refractivity (Wildman–Crippen MR) is 70.2 cm³/mol. The Morgan fingerprint density at radius 3 is 3.00 bits per heavy atom. The molecule has 1 heterocycles. The summed E-state index contributed by atoms with van der Waals surface area (Å²) in [6.45, 7) is 4.33. The normalized spacial score (nSPS) is 10.7. The number of ether oxygens (including phenoxy) is 1. The second-order valence-electron chi connectivity index (χ2n) is 4.05. The molecule has 4 nitrogen and oxygen atoms in total. The number of para-hydroxylation sites is 2. The van der Waals surface area contributed by atoms with E-state index in [-0.39, 0.29) is 0 Å². The van der Waals surface area contributed by atoms with Gasteiger partial charge < -0.3 is 9.30 Å². The summed E-state index contributed by atoms with van der Waals surface area (Å²) < 4.78 is 7.47. The highest BCUT2D eigenvalue weighted by atomic mass is 16.5. The summed E-state index contributed by atoms with van der Waals surface area (Å²) in [5.41, 5.74) is 2.05. The minimum absolute atomic E-state index is 0.351. The summed E-state index contributed by atoms with van der Waals surface area (Å²) in [6, 6.07) is 10.2. The molecule has 0 N–H and O–H groups in total. The number of imidazole rings is 1. The number of aryl methyl sites for hydroxylation is 1. The molecule has 4 heteroatoms. The Bertz CT molecular complexity index is 554. The van der Waals surface area contributed by atoms with Gasteiger partial charge in [0.1, 0.15) is 5.82 Å². The second-order valence-corrected chi connectivity index (χ2v) is 4.05. The molecule has 0 spiro atoms. The average molecular weight is 243 g/mol. The molecule has 0 fully saturated rings.